The van der Waals surface area contributed by atoms with Gasteiger partial charge in [0.15, 0.2) is 0 Å². The molecule has 0 bridgehead atoms. The predicted molar refractivity (Wildman–Crippen MR) is 63.6 cm³/mol. The summed E-state index contributed by atoms with van der Waals surface area (Å²) in [5.74, 6) is -0.433. The molecule has 0 saturated carbocycles. The largest absolute Gasteiger partial charge is 0.464 e. The minimum atomic E-state index is -0.433. The minimum absolute atomic E-state index is 0.116. The molecule has 1 rings (SSSR count). The van der Waals surface area contributed by atoms with Gasteiger partial charge in [-0.2, -0.15) is 0 Å². The van der Waals surface area contributed by atoms with E-state index in [9.17, 15) is 4.79 Å². The lowest BCUT2D eigenvalue weighted by Gasteiger charge is -2.18. The van der Waals surface area contributed by atoms with Gasteiger partial charge in [-0.3, -0.25) is 4.90 Å². The van der Waals surface area contributed by atoms with E-state index in [1.54, 1.807) is 12.1 Å². The molecule has 0 fully saturated rings. The van der Waals surface area contributed by atoms with Gasteiger partial charge in [-0.05, 0) is 18.7 Å². The fourth-order valence-corrected chi connectivity index (χ4v) is 1.51. The molecule has 1 aromatic rings. The lowest BCUT2D eigenvalue weighted by molar-refractivity contribution is 0.0593. The quantitative estimate of drug-likeness (QED) is 0.738. The van der Waals surface area contributed by atoms with Crippen LogP contribution < -0.4 is 0 Å². The van der Waals surface area contributed by atoms with Crippen molar-refractivity contribution in [3.05, 3.63) is 29.6 Å². The second-order valence-electron chi connectivity index (χ2n) is 3.60. The fourth-order valence-electron chi connectivity index (χ4n) is 1.51. The first kappa shape index (κ1) is 13.6. The second kappa shape index (κ2) is 6.98. The van der Waals surface area contributed by atoms with Gasteiger partial charge in [0.05, 0.1) is 19.4 Å². The summed E-state index contributed by atoms with van der Waals surface area (Å²) >= 11 is 0. The lowest BCUT2D eigenvalue weighted by Crippen LogP contribution is -2.26. The molecule has 1 N–H and O–H groups in total. The number of methoxy groups -OCH3 is 1. The van der Waals surface area contributed by atoms with Crippen molar-refractivity contribution in [2.75, 3.05) is 26.8 Å². The fraction of sp³-hybridized carbons (Fsp3) is 0.500. The van der Waals surface area contributed by atoms with Crippen LogP contribution in [0, 0.1) is 0 Å². The van der Waals surface area contributed by atoms with Gasteiger partial charge in [0.1, 0.15) is 5.69 Å². The number of aliphatic hydroxyl groups excluding tert-OH is 1. The van der Waals surface area contributed by atoms with Crippen LogP contribution in [0.1, 0.15) is 23.1 Å². The molecule has 0 amide bonds. The Morgan fingerprint density at radius 1 is 1.53 bits per heavy atom. The summed E-state index contributed by atoms with van der Waals surface area (Å²) < 4.78 is 4.62. The van der Waals surface area contributed by atoms with Gasteiger partial charge < -0.3 is 9.84 Å². The summed E-state index contributed by atoms with van der Waals surface area (Å²) in [5.41, 5.74) is 1.10. The number of carbonyl (C=O) groups excluding carboxylic acids is 1. The molecular weight excluding hydrogens is 220 g/mol. The van der Waals surface area contributed by atoms with E-state index in [-0.39, 0.29) is 6.61 Å². The number of ether oxygens (including phenoxy) is 1. The minimum Gasteiger partial charge on any atom is -0.464 e. The van der Waals surface area contributed by atoms with E-state index in [1.807, 2.05) is 17.9 Å². The molecule has 0 spiro atoms. The number of esters is 1. The first-order chi connectivity index (χ1) is 8.21. The highest BCUT2D eigenvalue weighted by atomic mass is 16.5. The number of hydrogen-bond donors (Lipinski definition) is 1. The number of nitrogens with zero attached hydrogens (tertiary/aromatic N) is 2. The molecule has 1 heterocycles. The van der Waals surface area contributed by atoms with E-state index in [1.165, 1.54) is 7.11 Å². The third-order valence-corrected chi connectivity index (χ3v) is 2.45. The van der Waals surface area contributed by atoms with Gasteiger partial charge in [-0.15, -0.1) is 0 Å². The number of hydrogen-bond acceptors (Lipinski definition) is 5. The van der Waals surface area contributed by atoms with Crippen LogP contribution in [0.3, 0.4) is 0 Å². The lowest BCUT2D eigenvalue weighted by atomic mass is 10.3. The van der Waals surface area contributed by atoms with Gasteiger partial charge >= 0.3 is 5.97 Å². The summed E-state index contributed by atoms with van der Waals surface area (Å²) in [5, 5.41) is 8.89. The molecule has 17 heavy (non-hydrogen) atoms. The second-order valence-corrected chi connectivity index (χ2v) is 3.60. The van der Waals surface area contributed by atoms with Crippen LogP contribution in [0.2, 0.25) is 0 Å². The average molecular weight is 238 g/mol. The van der Waals surface area contributed by atoms with Crippen molar-refractivity contribution in [2.24, 2.45) is 0 Å². The van der Waals surface area contributed by atoms with E-state index in [2.05, 4.69) is 9.72 Å². The predicted octanol–water partition coefficient (Wildman–Crippen LogP) is 0.682. The van der Waals surface area contributed by atoms with E-state index in [0.717, 1.165) is 12.2 Å². The maximum absolute atomic E-state index is 11.3. The standard InChI is InChI=1S/C12H18N2O3/c1-3-14(7-8-15)9-10-5-4-6-11(13-10)12(16)17-2/h4-6,15H,3,7-9H2,1-2H3. The summed E-state index contributed by atoms with van der Waals surface area (Å²) in [6.07, 6.45) is 0. The zero-order valence-electron chi connectivity index (χ0n) is 10.2. The van der Waals surface area contributed by atoms with Crippen LogP contribution in [0.25, 0.3) is 0 Å². The number of likely N-dealkylation sites (N-methyl/N-ethyl adjacent to an activating group) is 1. The number of aliphatic hydroxyl groups is 1. The van der Waals surface area contributed by atoms with E-state index < -0.39 is 5.97 Å². The van der Waals surface area contributed by atoms with E-state index >= 15 is 0 Å². The maximum atomic E-state index is 11.3. The Morgan fingerprint density at radius 3 is 2.88 bits per heavy atom. The molecule has 0 aliphatic rings. The van der Waals surface area contributed by atoms with Crippen molar-refractivity contribution in [3.8, 4) is 0 Å². The molecule has 0 unspecified atom stereocenters. The number of aromatic nitrogens is 1. The van der Waals surface area contributed by atoms with Crippen molar-refractivity contribution in [1.29, 1.82) is 0 Å². The molecule has 0 saturated heterocycles. The highest BCUT2D eigenvalue weighted by Crippen LogP contribution is 2.04. The van der Waals surface area contributed by atoms with E-state index in [0.29, 0.717) is 18.8 Å². The van der Waals surface area contributed by atoms with Crippen LogP contribution in [-0.4, -0.2) is 47.8 Å². The third-order valence-electron chi connectivity index (χ3n) is 2.45. The van der Waals surface area contributed by atoms with Crippen molar-refractivity contribution in [1.82, 2.24) is 9.88 Å². The Bertz CT molecular complexity index is 369. The Morgan fingerprint density at radius 2 is 2.29 bits per heavy atom. The summed E-state index contributed by atoms with van der Waals surface area (Å²) in [7, 11) is 1.33. The highest BCUT2D eigenvalue weighted by molar-refractivity contribution is 5.87. The zero-order chi connectivity index (χ0) is 12.7. The molecule has 0 radical (unpaired) electrons. The van der Waals surface area contributed by atoms with Crippen LogP contribution in [0.5, 0.6) is 0 Å². The number of pyridine rings is 1. The molecule has 94 valence electrons. The first-order valence-electron chi connectivity index (χ1n) is 5.58. The van der Waals surface area contributed by atoms with Gasteiger partial charge in [-0.25, -0.2) is 9.78 Å². The molecule has 0 aliphatic carbocycles. The Balaban J connectivity index is 2.74. The molecule has 0 aromatic carbocycles. The normalized spacial score (nSPS) is 10.6. The van der Waals surface area contributed by atoms with Crippen molar-refractivity contribution >= 4 is 5.97 Å². The smallest absolute Gasteiger partial charge is 0.356 e. The van der Waals surface area contributed by atoms with Gasteiger partial charge in [0.2, 0.25) is 0 Å². The van der Waals surface area contributed by atoms with Crippen LogP contribution in [0.4, 0.5) is 0 Å². The Hall–Kier alpha value is -1.46. The third kappa shape index (κ3) is 4.13. The van der Waals surface area contributed by atoms with E-state index in [4.69, 9.17) is 5.11 Å². The average Bonchev–Trinajstić information content (AvgIpc) is 2.37. The van der Waals surface area contributed by atoms with Crippen LogP contribution in [0.15, 0.2) is 18.2 Å². The van der Waals surface area contributed by atoms with Crippen molar-refractivity contribution in [2.45, 2.75) is 13.5 Å². The summed E-state index contributed by atoms with van der Waals surface area (Å²) in [6.45, 7) is 4.16. The summed E-state index contributed by atoms with van der Waals surface area (Å²) in [6, 6.07) is 5.26. The monoisotopic (exact) mass is 238 g/mol. The van der Waals surface area contributed by atoms with Crippen LogP contribution >= 0.6 is 0 Å². The van der Waals surface area contributed by atoms with Gasteiger partial charge in [-0.1, -0.05) is 13.0 Å². The Kier molecular flexibility index (Phi) is 5.59. The molecule has 5 nitrogen and oxygen atoms in total. The van der Waals surface area contributed by atoms with Crippen molar-refractivity contribution in [3.63, 3.8) is 0 Å². The molecule has 0 atom stereocenters. The molecule has 5 heteroatoms. The highest BCUT2D eigenvalue weighted by Gasteiger charge is 2.09. The zero-order valence-corrected chi connectivity index (χ0v) is 10.2. The number of rotatable bonds is 6. The first-order valence-corrected chi connectivity index (χ1v) is 5.58. The van der Waals surface area contributed by atoms with Gasteiger partial charge in [0.25, 0.3) is 0 Å². The number of carbonyl (C=O) groups is 1. The van der Waals surface area contributed by atoms with Crippen molar-refractivity contribution < 1.29 is 14.6 Å². The maximum Gasteiger partial charge on any atom is 0.356 e. The Labute approximate surface area is 101 Å². The van der Waals surface area contributed by atoms with Crippen LogP contribution in [-0.2, 0) is 11.3 Å². The van der Waals surface area contributed by atoms with Gasteiger partial charge in [0, 0.05) is 13.1 Å². The summed E-state index contributed by atoms with van der Waals surface area (Å²) in [4.78, 5) is 17.6. The topological polar surface area (TPSA) is 62.7 Å². The molecule has 0 aliphatic heterocycles. The molecular formula is C12H18N2O3. The SMILES string of the molecule is CCN(CCO)Cc1cccc(C(=O)OC)n1. The molecule has 1 aromatic heterocycles.